The molecule has 1 atom stereocenters. The molecule has 0 fully saturated rings. The Hall–Kier alpha value is -3.53. The van der Waals surface area contributed by atoms with Crippen molar-refractivity contribution in [2.45, 2.75) is 31.6 Å². The van der Waals surface area contributed by atoms with Crippen molar-refractivity contribution in [3.8, 4) is 5.75 Å². The van der Waals surface area contributed by atoms with Gasteiger partial charge in [-0.15, -0.1) is 0 Å². The van der Waals surface area contributed by atoms with Gasteiger partial charge in [-0.2, -0.15) is 0 Å². The van der Waals surface area contributed by atoms with Crippen LogP contribution in [0.25, 0.3) is 0 Å². The van der Waals surface area contributed by atoms with Gasteiger partial charge in [0.15, 0.2) is 5.96 Å². The molecule has 4 heteroatoms. The maximum absolute atomic E-state index is 6.23. The summed E-state index contributed by atoms with van der Waals surface area (Å²) in [6, 6.07) is 29.5. The van der Waals surface area contributed by atoms with Gasteiger partial charge in [0.1, 0.15) is 5.75 Å². The Morgan fingerprint density at radius 3 is 2.15 bits per heavy atom. The number of methoxy groups -OCH3 is 1. The molecule has 2 N–H and O–H groups in total. The fraction of sp³-hybridized carbons (Fsp3) is 0.276. The Labute approximate surface area is 198 Å². The third kappa shape index (κ3) is 7.83. The number of nitrogens with two attached hydrogens (primary N) is 1. The molecule has 0 aliphatic rings. The van der Waals surface area contributed by atoms with E-state index in [0.29, 0.717) is 5.96 Å². The van der Waals surface area contributed by atoms with E-state index in [9.17, 15) is 0 Å². The molecule has 0 heterocycles. The molecule has 172 valence electrons. The molecular formula is C29H35N3O. The normalized spacial score (nSPS) is 12.6. The number of aliphatic imine (C=N–C) groups is 1. The minimum Gasteiger partial charge on any atom is -0.497 e. The fourth-order valence-corrected chi connectivity index (χ4v) is 3.87. The highest BCUT2D eigenvalue weighted by Gasteiger charge is 2.12. The molecule has 0 aromatic heterocycles. The van der Waals surface area contributed by atoms with Gasteiger partial charge in [0.25, 0.3) is 0 Å². The standard InChI is InChI=1S/C29H35N3O/c1-31-29(30)32(21-10-9-13-24-11-5-3-6-12-24)22-20-27(23-25-14-7-4-8-15-25)26-16-18-28(33-2)19-17-26/h3-8,11-12,14-20,22,27H,9-10,13,21,23H2,1-2H3,(H2,30,31)/b22-20+. The van der Waals surface area contributed by atoms with Crippen molar-refractivity contribution in [2.75, 3.05) is 20.7 Å². The van der Waals surface area contributed by atoms with Crippen LogP contribution in [0, 0.1) is 0 Å². The van der Waals surface area contributed by atoms with Gasteiger partial charge in [0.2, 0.25) is 0 Å². The number of benzene rings is 3. The third-order valence-corrected chi connectivity index (χ3v) is 5.82. The summed E-state index contributed by atoms with van der Waals surface area (Å²) < 4.78 is 5.34. The molecule has 1 unspecified atom stereocenters. The highest BCUT2D eigenvalue weighted by Crippen LogP contribution is 2.25. The zero-order valence-electron chi connectivity index (χ0n) is 19.7. The van der Waals surface area contributed by atoms with E-state index >= 15 is 0 Å². The van der Waals surface area contributed by atoms with Crippen LogP contribution in [0.2, 0.25) is 0 Å². The molecule has 0 aliphatic heterocycles. The summed E-state index contributed by atoms with van der Waals surface area (Å²) in [5.74, 6) is 1.62. The zero-order chi connectivity index (χ0) is 23.3. The summed E-state index contributed by atoms with van der Waals surface area (Å²) in [6.45, 7) is 0.840. The van der Waals surface area contributed by atoms with Crippen LogP contribution in [0.3, 0.4) is 0 Å². The summed E-state index contributed by atoms with van der Waals surface area (Å²) in [5.41, 5.74) is 10.2. The lowest BCUT2D eigenvalue weighted by Gasteiger charge is -2.21. The Bertz CT molecular complexity index is 998. The summed E-state index contributed by atoms with van der Waals surface area (Å²) in [4.78, 5) is 6.30. The van der Waals surface area contributed by atoms with E-state index in [4.69, 9.17) is 10.5 Å². The average molecular weight is 442 g/mol. The van der Waals surface area contributed by atoms with Crippen LogP contribution in [-0.2, 0) is 12.8 Å². The second-order valence-electron chi connectivity index (χ2n) is 8.13. The minimum absolute atomic E-state index is 0.217. The first-order valence-electron chi connectivity index (χ1n) is 11.6. The lowest BCUT2D eigenvalue weighted by molar-refractivity contribution is 0.414. The molecule has 0 saturated heterocycles. The topological polar surface area (TPSA) is 50.8 Å². The zero-order valence-corrected chi connectivity index (χ0v) is 19.7. The summed E-state index contributed by atoms with van der Waals surface area (Å²) in [5, 5.41) is 0. The Morgan fingerprint density at radius 2 is 1.55 bits per heavy atom. The first kappa shape index (κ1) is 24.1. The van der Waals surface area contributed by atoms with E-state index in [-0.39, 0.29) is 5.92 Å². The number of guanidine groups is 1. The number of hydrogen-bond acceptors (Lipinski definition) is 2. The lowest BCUT2D eigenvalue weighted by Crippen LogP contribution is -2.34. The van der Waals surface area contributed by atoms with Crippen LogP contribution in [0.5, 0.6) is 5.75 Å². The monoisotopic (exact) mass is 441 g/mol. The van der Waals surface area contributed by atoms with Gasteiger partial charge in [0, 0.05) is 25.7 Å². The minimum atomic E-state index is 0.217. The van der Waals surface area contributed by atoms with Crippen molar-refractivity contribution in [3.63, 3.8) is 0 Å². The summed E-state index contributed by atoms with van der Waals surface area (Å²) in [6.07, 6.45) is 8.48. The largest absolute Gasteiger partial charge is 0.497 e. The molecule has 3 aromatic rings. The van der Waals surface area contributed by atoms with E-state index in [2.05, 4.69) is 95.0 Å². The number of unbranched alkanes of at least 4 members (excludes halogenated alkanes) is 1. The SMILES string of the molecule is CN=C(N)N(/C=C/C(Cc1ccccc1)c1ccc(OC)cc1)CCCCc1ccccc1. The van der Waals surface area contributed by atoms with Crippen molar-refractivity contribution in [1.82, 2.24) is 4.90 Å². The van der Waals surface area contributed by atoms with Crippen LogP contribution in [0.1, 0.15) is 35.4 Å². The molecule has 3 rings (SSSR count). The van der Waals surface area contributed by atoms with Crippen LogP contribution < -0.4 is 10.5 Å². The van der Waals surface area contributed by atoms with E-state index in [1.54, 1.807) is 14.2 Å². The van der Waals surface area contributed by atoms with E-state index < -0.39 is 0 Å². The van der Waals surface area contributed by atoms with E-state index in [1.165, 1.54) is 16.7 Å². The third-order valence-electron chi connectivity index (χ3n) is 5.82. The molecule has 0 saturated carbocycles. The highest BCUT2D eigenvalue weighted by molar-refractivity contribution is 5.78. The van der Waals surface area contributed by atoms with Crippen molar-refractivity contribution >= 4 is 5.96 Å². The van der Waals surface area contributed by atoms with Gasteiger partial charge >= 0.3 is 0 Å². The quantitative estimate of drug-likeness (QED) is 0.232. The number of aryl methyl sites for hydroxylation is 1. The number of rotatable bonds is 11. The average Bonchev–Trinajstić information content (AvgIpc) is 2.88. The molecule has 0 aliphatic carbocycles. The first-order chi connectivity index (χ1) is 16.2. The number of allylic oxidation sites excluding steroid dienone is 1. The number of nitrogens with zero attached hydrogens (tertiary/aromatic N) is 2. The van der Waals surface area contributed by atoms with Gasteiger partial charge in [-0.25, -0.2) is 0 Å². The molecule has 0 radical (unpaired) electrons. The second kappa shape index (κ2) is 13.1. The van der Waals surface area contributed by atoms with E-state index in [1.807, 2.05) is 12.1 Å². The highest BCUT2D eigenvalue weighted by atomic mass is 16.5. The van der Waals surface area contributed by atoms with Crippen LogP contribution in [0.15, 0.2) is 102 Å². The van der Waals surface area contributed by atoms with Gasteiger partial charge < -0.3 is 15.4 Å². The Morgan fingerprint density at radius 1 is 0.909 bits per heavy atom. The second-order valence-corrected chi connectivity index (χ2v) is 8.13. The number of ether oxygens (including phenoxy) is 1. The Balaban J connectivity index is 1.70. The van der Waals surface area contributed by atoms with Gasteiger partial charge in [-0.3, -0.25) is 4.99 Å². The van der Waals surface area contributed by atoms with Gasteiger partial charge in [0.05, 0.1) is 7.11 Å². The van der Waals surface area contributed by atoms with Crippen molar-refractivity contribution in [3.05, 3.63) is 114 Å². The molecule has 0 bridgehead atoms. The van der Waals surface area contributed by atoms with Crippen molar-refractivity contribution < 1.29 is 4.74 Å². The van der Waals surface area contributed by atoms with Crippen LogP contribution in [-0.4, -0.2) is 31.6 Å². The molecule has 0 spiro atoms. The summed E-state index contributed by atoms with van der Waals surface area (Å²) in [7, 11) is 3.43. The van der Waals surface area contributed by atoms with Crippen molar-refractivity contribution in [2.24, 2.45) is 10.7 Å². The maximum atomic E-state index is 6.23. The molecule has 4 nitrogen and oxygen atoms in total. The van der Waals surface area contributed by atoms with Crippen molar-refractivity contribution in [1.29, 1.82) is 0 Å². The first-order valence-corrected chi connectivity index (χ1v) is 11.6. The number of hydrogen-bond donors (Lipinski definition) is 1. The smallest absolute Gasteiger partial charge is 0.195 e. The maximum Gasteiger partial charge on any atom is 0.195 e. The Kier molecular flexibility index (Phi) is 9.59. The van der Waals surface area contributed by atoms with Gasteiger partial charge in [-0.1, -0.05) is 78.9 Å². The summed E-state index contributed by atoms with van der Waals surface area (Å²) >= 11 is 0. The molecule has 33 heavy (non-hydrogen) atoms. The van der Waals surface area contributed by atoms with Crippen LogP contribution >= 0.6 is 0 Å². The fourth-order valence-electron chi connectivity index (χ4n) is 3.87. The van der Waals surface area contributed by atoms with Gasteiger partial charge in [-0.05, 0) is 54.5 Å². The predicted octanol–water partition coefficient (Wildman–Crippen LogP) is 5.80. The molecular weight excluding hydrogens is 406 g/mol. The van der Waals surface area contributed by atoms with Crippen LogP contribution in [0.4, 0.5) is 0 Å². The van der Waals surface area contributed by atoms with E-state index in [0.717, 1.165) is 38.0 Å². The molecule has 3 aromatic carbocycles. The predicted molar refractivity (Wildman–Crippen MR) is 139 cm³/mol. The lowest BCUT2D eigenvalue weighted by atomic mass is 9.92. The molecule has 0 amide bonds.